The second-order valence-corrected chi connectivity index (χ2v) is 10.9. The third-order valence-electron chi connectivity index (χ3n) is 6.26. The number of para-hydroxylation sites is 1. The summed E-state index contributed by atoms with van der Waals surface area (Å²) in [5.74, 6) is -0.644. The normalized spacial score (nSPS) is 11.8. The van der Waals surface area contributed by atoms with Crippen LogP contribution in [0.1, 0.15) is 31.9 Å². The zero-order chi connectivity index (χ0) is 32.6. The molecule has 1 heterocycles. The number of anilines is 2. The van der Waals surface area contributed by atoms with E-state index < -0.39 is 12.4 Å². The molecule has 236 valence electrons. The molecule has 4 aromatic rings. The van der Waals surface area contributed by atoms with Crippen LogP contribution in [0.15, 0.2) is 78.0 Å². The van der Waals surface area contributed by atoms with Crippen molar-refractivity contribution >= 4 is 40.3 Å². The number of halogens is 3. The van der Waals surface area contributed by atoms with Crippen LogP contribution in [0.2, 0.25) is 0 Å². The van der Waals surface area contributed by atoms with Crippen LogP contribution >= 0.6 is 11.8 Å². The van der Waals surface area contributed by atoms with Gasteiger partial charge in [-0.15, -0.1) is 18.3 Å². The lowest BCUT2D eigenvalue weighted by Gasteiger charge is -2.16. The SMILES string of the molecule is CCc1cccc(C)c1N/C(=N\C(=O)Nc1ccc(-c2ncn(-c3ccc(OC(F)(F)F)cc3)n2)cc1)SCOC(=O)C(C)C. The van der Waals surface area contributed by atoms with Gasteiger partial charge in [-0.2, -0.15) is 4.99 Å². The van der Waals surface area contributed by atoms with E-state index in [9.17, 15) is 22.8 Å². The number of nitrogens with one attached hydrogen (secondary N) is 2. The molecule has 2 amide bonds. The van der Waals surface area contributed by atoms with Crippen LogP contribution in [0.3, 0.4) is 0 Å². The summed E-state index contributed by atoms with van der Waals surface area (Å²) in [5.41, 5.74) is 4.44. The number of amides is 2. The number of aromatic nitrogens is 3. The molecule has 10 nitrogen and oxygen atoms in total. The van der Waals surface area contributed by atoms with Gasteiger partial charge in [0.2, 0.25) is 0 Å². The maximum absolute atomic E-state index is 12.9. The Morgan fingerprint density at radius 2 is 1.73 bits per heavy atom. The van der Waals surface area contributed by atoms with E-state index in [0.717, 1.165) is 35.0 Å². The fourth-order valence-electron chi connectivity index (χ4n) is 3.98. The summed E-state index contributed by atoms with van der Waals surface area (Å²) in [6.07, 6.45) is -2.58. The van der Waals surface area contributed by atoms with Gasteiger partial charge in [-0.3, -0.25) is 4.79 Å². The molecule has 1 aromatic heterocycles. The summed E-state index contributed by atoms with van der Waals surface area (Å²) in [7, 11) is 0. The summed E-state index contributed by atoms with van der Waals surface area (Å²) in [4.78, 5) is 33.3. The minimum Gasteiger partial charge on any atom is -0.454 e. The molecule has 0 spiro atoms. The molecule has 0 aliphatic carbocycles. The van der Waals surface area contributed by atoms with Gasteiger partial charge in [-0.05, 0) is 84.8 Å². The highest BCUT2D eigenvalue weighted by Crippen LogP contribution is 2.25. The number of hydrogen-bond donors (Lipinski definition) is 2. The van der Waals surface area contributed by atoms with Crippen molar-refractivity contribution < 1.29 is 32.2 Å². The van der Waals surface area contributed by atoms with Gasteiger partial charge in [0, 0.05) is 16.9 Å². The number of rotatable bonds is 9. The smallest absolute Gasteiger partial charge is 0.454 e. The molecule has 0 unspecified atom stereocenters. The van der Waals surface area contributed by atoms with E-state index >= 15 is 0 Å². The number of benzene rings is 3. The molecule has 4 rings (SSSR count). The van der Waals surface area contributed by atoms with Gasteiger partial charge in [0.25, 0.3) is 0 Å². The molecule has 14 heteroatoms. The molecule has 2 N–H and O–H groups in total. The lowest BCUT2D eigenvalue weighted by molar-refractivity contribution is -0.274. The number of urea groups is 1. The number of thioether (sulfide) groups is 1. The predicted octanol–water partition coefficient (Wildman–Crippen LogP) is 7.59. The number of amidine groups is 1. The van der Waals surface area contributed by atoms with E-state index in [0.29, 0.717) is 22.8 Å². The fraction of sp³-hybridized carbons (Fsp3) is 0.258. The minimum atomic E-state index is -4.78. The average molecular weight is 641 g/mol. The second-order valence-electron chi connectivity index (χ2n) is 9.95. The maximum Gasteiger partial charge on any atom is 0.573 e. The fourth-order valence-corrected chi connectivity index (χ4v) is 4.59. The van der Waals surface area contributed by atoms with Crippen LogP contribution in [0.5, 0.6) is 5.75 Å². The highest BCUT2D eigenvalue weighted by Gasteiger charge is 2.31. The largest absolute Gasteiger partial charge is 0.573 e. The number of carbonyl (C=O) groups excluding carboxylic acids is 2. The highest BCUT2D eigenvalue weighted by atomic mass is 32.2. The number of hydrogen-bond acceptors (Lipinski definition) is 7. The first-order chi connectivity index (χ1) is 21.4. The zero-order valence-electron chi connectivity index (χ0n) is 24.9. The zero-order valence-corrected chi connectivity index (χ0v) is 25.7. The van der Waals surface area contributed by atoms with E-state index in [4.69, 9.17) is 4.74 Å². The lowest BCUT2D eigenvalue weighted by atomic mass is 10.1. The predicted molar refractivity (Wildman–Crippen MR) is 167 cm³/mol. The summed E-state index contributed by atoms with van der Waals surface area (Å²) in [5, 5.41) is 10.6. The van der Waals surface area contributed by atoms with Gasteiger partial charge in [0.05, 0.1) is 11.6 Å². The average Bonchev–Trinajstić information content (AvgIpc) is 3.48. The van der Waals surface area contributed by atoms with Crippen molar-refractivity contribution in [3.05, 3.63) is 84.2 Å². The van der Waals surface area contributed by atoms with Crippen molar-refractivity contribution in [2.75, 3.05) is 16.6 Å². The molecule has 0 saturated heterocycles. The Morgan fingerprint density at radius 3 is 2.38 bits per heavy atom. The number of alkyl halides is 3. The van der Waals surface area contributed by atoms with Crippen molar-refractivity contribution in [1.29, 1.82) is 0 Å². The summed E-state index contributed by atoms with van der Waals surface area (Å²) < 4.78 is 47.9. The van der Waals surface area contributed by atoms with Crippen molar-refractivity contribution in [2.24, 2.45) is 10.9 Å². The third kappa shape index (κ3) is 9.57. The van der Waals surface area contributed by atoms with Crippen molar-refractivity contribution in [3.8, 4) is 22.8 Å². The maximum atomic E-state index is 12.9. The molecule has 3 aromatic carbocycles. The standard InChI is InChI=1S/C31H31F3N6O4S/c1-5-21-8-6-7-20(4)26(21)37-30(45-18-43-28(41)19(2)3)38-29(42)36-23-11-9-22(10-12-23)27-35-17-40(39-27)24-13-15-25(16-14-24)44-31(32,33)34/h6-17,19H,5,18H2,1-4H3,(H2,36,37,38,42). The quantitative estimate of drug-likeness (QED) is 0.0831. The lowest BCUT2D eigenvalue weighted by Crippen LogP contribution is -2.18. The van der Waals surface area contributed by atoms with Gasteiger partial charge < -0.3 is 20.1 Å². The van der Waals surface area contributed by atoms with Crippen LogP contribution in [-0.2, 0) is 16.0 Å². The van der Waals surface area contributed by atoms with Crippen LogP contribution in [0.25, 0.3) is 17.1 Å². The van der Waals surface area contributed by atoms with Crippen molar-refractivity contribution in [3.63, 3.8) is 0 Å². The van der Waals surface area contributed by atoms with Gasteiger partial charge in [0.1, 0.15) is 18.0 Å². The third-order valence-corrected chi connectivity index (χ3v) is 6.97. The highest BCUT2D eigenvalue weighted by molar-refractivity contribution is 8.14. The molecule has 0 bridgehead atoms. The Morgan fingerprint density at radius 1 is 1.02 bits per heavy atom. The number of carbonyl (C=O) groups is 2. The Kier molecular flexibility index (Phi) is 10.8. The van der Waals surface area contributed by atoms with Gasteiger partial charge in [-0.1, -0.05) is 39.0 Å². The first-order valence-corrected chi connectivity index (χ1v) is 14.8. The first kappa shape index (κ1) is 33.1. The van der Waals surface area contributed by atoms with E-state index in [1.54, 1.807) is 38.1 Å². The van der Waals surface area contributed by atoms with Crippen molar-refractivity contribution in [1.82, 2.24) is 14.8 Å². The number of aliphatic imine (C=N–C) groups is 1. The van der Waals surface area contributed by atoms with Crippen LogP contribution in [0, 0.1) is 12.8 Å². The molecule has 0 fully saturated rings. The van der Waals surface area contributed by atoms with Crippen LogP contribution < -0.4 is 15.4 Å². The Hall–Kier alpha value is -4.85. The Bertz CT molecular complexity index is 1660. The molecular weight excluding hydrogens is 609 g/mol. The van der Waals surface area contributed by atoms with Crippen molar-refractivity contribution in [2.45, 2.75) is 40.5 Å². The van der Waals surface area contributed by atoms with E-state index in [-0.39, 0.29) is 28.7 Å². The summed E-state index contributed by atoms with van der Waals surface area (Å²) in [6, 6.07) is 17.2. The molecule has 0 aliphatic heterocycles. The van der Waals surface area contributed by atoms with Crippen LogP contribution in [0.4, 0.5) is 29.3 Å². The molecule has 0 radical (unpaired) electrons. The van der Waals surface area contributed by atoms with E-state index in [1.807, 2.05) is 32.0 Å². The molecule has 45 heavy (non-hydrogen) atoms. The molecule has 0 saturated carbocycles. The number of ether oxygens (including phenoxy) is 2. The van der Waals surface area contributed by atoms with Gasteiger partial charge in [0.15, 0.2) is 11.0 Å². The van der Waals surface area contributed by atoms with Crippen LogP contribution in [-0.4, -0.2) is 44.2 Å². The molecule has 0 aliphatic rings. The minimum absolute atomic E-state index is 0.0245. The summed E-state index contributed by atoms with van der Waals surface area (Å²) >= 11 is 1.09. The first-order valence-electron chi connectivity index (χ1n) is 13.8. The number of esters is 1. The second kappa shape index (κ2) is 14.8. The molecule has 0 atom stereocenters. The summed E-state index contributed by atoms with van der Waals surface area (Å²) in [6.45, 7) is 7.45. The topological polar surface area (TPSA) is 120 Å². The number of aryl methyl sites for hydroxylation is 2. The molecular formula is C31H31F3N6O4S. The Labute approximate surface area is 262 Å². The number of nitrogens with zero attached hydrogens (tertiary/aromatic N) is 4. The van der Waals surface area contributed by atoms with Gasteiger partial charge >= 0.3 is 18.4 Å². The van der Waals surface area contributed by atoms with E-state index in [2.05, 4.69) is 30.4 Å². The van der Waals surface area contributed by atoms with Gasteiger partial charge in [-0.25, -0.2) is 14.5 Å². The monoisotopic (exact) mass is 640 g/mol. The Balaban J connectivity index is 1.44. The van der Waals surface area contributed by atoms with E-state index in [1.165, 1.54) is 35.3 Å².